The first-order valence-corrected chi connectivity index (χ1v) is 10.1. The molecule has 0 aliphatic rings. The van der Waals surface area contributed by atoms with Crippen LogP contribution in [0.4, 0.5) is 5.13 Å². The molecule has 26 heavy (non-hydrogen) atoms. The molecule has 0 aliphatic heterocycles. The van der Waals surface area contributed by atoms with Gasteiger partial charge in [-0.15, -0.1) is 21.5 Å². The Morgan fingerprint density at radius 3 is 2.35 bits per heavy atom. The Morgan fingerprint density at radius 1 is 1.08 bits per heavy atom. The quantitative estimate of drug-likeness (QED) is 0.694. The molecule has 0 saturated carbocycles. The van der Waals surface area contributed by atoms with Crippen molar-refractivity contribution >= 4 is 43.9 Å². The topological polar surface area (TPSA) is 80.7 Å². The van der Waals surface area contributed by atoms with Crippen LogP contribution in [0.5, 0.6) is 0 Å². The smallest absolute Gasteiger partial charge is 0.267 e. The number of amides is 1. The summed E-state index contributed by atoms with van der Waals surface area (Å²) in [4.78, 5) is 23.6. The van der Waals surface area contributed by atoms with Crippen molar-refractivity contribution in [1.29, 1.82) is 0 Å². The number of aryl methyl sites for hydroxylation is 2. The van der Waals surface area contributed by atoms with Gasteiger partial charge in [-0.05, 0) is 19.4 Å². The summed E-state index contributed by atoms with van der Waals surface area (Å²) < 4.78 is 0. The van der Waals surface area contributed by atoms with Crippen molar-refractivity contribution in [1.82, 2.24) is 20.2 Å². The van der Waals surface area contributed by atoms with Gasteiger partial charge in [-0.25, -0.2) is 9.97 Å². The molecule has 3 aromatic rings. The van der Waals surface area contributed by atoms with Crippen LogP contribution in [0.2, 0.25) is 0 Å². The molecule has 3 heterocycles. The van der Waals surface area contributed by atoms with Crippen molar-refractivity contribution in [3.05, 3.63) is 27.0 Å². The maximum absolute atomic E-state index is 12.8. The average molecular weight is 390 g/mol. The minimum atomic E-state index is -0.173. The van der Waals surface area contributed by atoms with Crippen LogP contribution in [0.25, 0.3) is 10.2 Å². The second-order valence-electron chi connectivity index (χ2n) is 7.67. The Labute approximate surface area is 161 Å². The minimum Gasteiger partial charge on any atom is -0.296 e. The Bertz CT molecular complexity index is 982. The summed E-state index contributed by atoms with van der Waals surface area (Å²) in [6, 6.07) is 0. The number of nitrogens with zero attached hydrogens (tertiary/aromatic N) is 4. The lowest BCUT2D eigenvalue weighted by atomic mass is 9.95. The Balaban J connectivity index is 1.98. The van der Waals surface area contributed by atoms with E-state index in [4.69, 9.17) is 4.98 Å². The highest BCUT2D eigenvalue weighted by Crippen LogP contribution is 2.34. The second-order valence-corrected chi connectivity index (χ2v) is 9.68. The molecule has 138 valence electrons. The highest BCUT2D eigenvalue weighted by molar-refractivity contribution is 7.21. The SMILES string of the molecule is Cc1nc(C(C)(C)C)nc2sc(C(=O)Nc3nnc(C(C)C)s3)c(C)c12. The number of nitrogens with one attached hydrogen (secondary N) is 1. The minimum absolute atomic E-state index is 0.140. The van der Waals surface area contributed by atoms with Crippen molar-refractivity contribution in [2.75, 3.05) is 5.32 Å². The number of rotatable bonds is 3. The van der Waals surface area contributed by atoms with Gasteiger partial charge < -0.3 is 0 Å². The van der Waals surface area contributed by atoms with Crippen LogP contribution in [-0.4, -0.2) is 26.1 Å². The molecule has 1 N–H and O–H groups in total. The zero-order chi connectivity index (χ0) is 19.2. The van der Waals surface area contributed by atoms with E-state index in [0.29, 0.717) is 10.0 Å². The van der Waals surface area contributed by atoms with Crippen LogP contribution in [0.15, 0.2) is 0 Å². The van der Waals surface area contributed by atoms with Crippen LogP contribution < -0.4 is 5.32 Å². The van der Waals surface area contributed by atoms with Gasteiger partial charge in [0.25, 0.3) is 5.91 Å². The first-order chi connectivity index (χ1) is 12.1. The first kappa shape index (κ1) is 18.8. The third kappa shape index (κ3) is 3.48. The van der Waals surface area contributed by atoms with Gasteiger partial charge in [0, 0.05) is 16.7 Å². The molecule has 0 unspecified atom stereocenters. The van der Waals surface area contributed by atoms with E-state index in [1.807, 2.05) is 13.8 Å². The van der Waals surface area contributed by atoms with E-state index in [1.54, 1.807) is 0 Å². The van der Waals surface area contributed by atoms with Crippen LogP contribution >= 0.6 is 22.7 Å². The first-order valence-electron chi connectivity index (χ1n) is 8.51. The molecule has 1 amide bonds. The average Bonchev–Trinajstić information content (AvgIpc) is 3.11. The van der Waals surface area contributed by atoms with Crippen molar-refractivity contribution < 1.29 is 4.79 Å². The Kier molecular flexibility index (Phi) is 4.83. The third-order valence-corrected chi connectivity index (χ3v) is 6.33. The number of thiophene rings is 1. The highest BCUT2D eigenvalue weighted by Gasteiger charge is 2.24. The summed E-state index contributed by atoms with van der Waals surface area (Å²) in [6.45, 7) is 14.3. The summed E-state index contributed by atoms with van der Waals surface area (Å²) in [6.07, 6.45) is 0. The predicted molar refractivity (Wildman–Crippen MR) is 108 cm³/mol. The van der Waals surface area contributed by atoms with E-state index >= 15 is 0 Å². The zero-order valence-electron chi connectivity index (χ0n) is 16.1. The molecule has 3 aromatic heterocycles. The Hall–Kier alpha value is -1.93. The third-order valence-electron chi connectivity index (χ3n) is 4.00. The van der Waals surface area contributed by atoms with Crippen LogP contribution in [0.1, 0.15) is 72.3 Å². The van der Waals surface area contributed by atoms with Crippen molar-refractivity contribution in [3.63, 3.8) is 0 Å². The standard InChI is InChI=1S/C18H23N5OS2/c1-8(2)14-22-23-17(26-14)20-13(24)12-9(3)11-10(4)19-16(18(5,6)7)21-15(11)25-12/h8H,1-7H3,(H,20,23,24). The molecule has 3 rings (SSSR count). The van der Waals surface area contributed by atoms with E-state index in [1.165, 1.54) is 22.7 Å². The number of anilines is 1. The summed E-state index contributed by atoms with van der Waals surface area (Å²) in [5.41, 5.74) is 1.68. The Morgan fingerprint density at radius 2 is 1.77 bits per heavy atom. The van der Waals surface area contributed by atoms with E-state index in [9.17, 15) is 4.79 Å². The van der Waals surface area contributed by atoms with Crippen LogP contribution in [0, 0.1) is 13.8 Å². The van der Waals surface area contributed by atoms with Gasteiger partial charge in [0.1, 0.15) is 15.7 Å². The number of hydrogen-bond donors (Lipinski definition) is 1. The summed E-state index contributed by atoms with van der Waals surface area (Å²) >= 11 is 2.81. The lowest BCUT2D eigenvalue weighted by Gasteiger charge is -2.16. The van der Waals surface area contributed by atoms with Crippen molar-refractivity contribution in [2.24, 2.45) is 0 Å². The molecular formula is C18H23N5OS2. The number of aromatic nitrogens is 4. The summed E-state index contributed by atoms with van der Waals surface area (Å²) in [5.74, 6) is 0.910. The normalized spacial score (nSPS) is 12.2. The zero-order valence-corrected chi connectivity index (χ0v) is 17.7. The highest BCUT2D eigenvalue weighted by atomic mass is 32.1. The van der Waals surface area contributed by atoms with Crippen molar-refractivity contribution in [2.45, 2.75) is 59.8 Å². The molecule has 0 aliphatic carbocycles. The molecule has 6 nitrogen and oxygen atoms in total. The van der Waals surface area contributed by atoms with E-state index in [2.05, 4.69) is 55.1 Å². The fourth-order valence-corrected chi connectivity index (χ4v) is 4.43. The van der Waals surface area contributed by atoms with Crippen LogP contribution in [-0.2, 0) is 5.41 Å². The summed E-state index contributed by atoms with van der Waals surface area (Å²) in [5, 5.41) is 13.4. The number of fused-ring (bicyclic) bond motifs is 1. The maximum atomic E-state index is 12.8. The molecule has 0 fully saturated rings. The number of carbonyl (C=O) groups excluding carboxylic acids is 1. The number of carbonyl (C=O) groups is 1. The lowest BCUT2D eigenvalue weighted by molar-refractivity contribution is 0.103. The molecular weight excluding hydrogens is 366 g/mol. The molecule has 0 aromatic carbocycles. The van der Waals surface area contributed by atoms with E-state index < -0.39 is 0 Å². The van der Waals surface area contributed by atoms with E-state index in [-0.39, 0.29) is 17.2 Å². The van der Waals surface area contributed by atoms with Gasteiger partial charge in [-0.2, -0.15) is 0 Å². The second kappa shape index (κ2) is 6.66. The summed E-state index contributed by atoms with van der Waals surface area (Å²) in [7, 11) is 0. The molecule has 0 saturated heterocycles. The van der Waals surface area contributed by atoms with Gasteiger partial charge in [0.05, 0.1) is 10.6 Å². The molecule has 0 atom stereocenters. The van der Waals surface area contributed by atoms with Gasteiger partial charge >= 0.3 is 0 Å². The monoisotopic (exact) mass is 389 g/mol. The maximum Gasteiger partial charge on any atom is 0.267 e. The molecule has 0 radical (unpaired) electrons. The van der Waals surface area contributed by atoms with Crippen molar-refractivity contribution in [3.8, 4) is 0 Å². The van der Waals surface area contributed by atoms with Gasteiger partial charge in [0.2, 0.25) is 5.13 Å². The lowest BCUT2D eigenvalue weighted by Crippen LogP contribution is -2.16. The predicted octanol–water partition coefficient (Wildman–Crippen LogP) is 4.83. The van der Waals surface area contributed by atoms with Gasteiger partial charge in [0.15, 0.2) is 0 Å². The van der Waals surface area contributed by atoms with Crippen LogP contribution in [0.3, 0.4) is 0 Å². The van der Waals surface area contributed by atoms with Gasteiger partial charge in [-0.3, -0.25) is 10.1 Å². The van der Waals surface area contributed by atoms with Gasteiger partial charge in [-0.1, -0.05) is 46.0 Å². The number of hydrogen-bond acceptors (Lipinski definition) is 7. The van der Waals surface area contributed by atoms with E-state index in [0.717, 1.165) is 32.3 Å². The molecule has 8 heteroatoms. The largest absolute Gasteiger partial charge is 0.296 e. The molecule has 0 spiro atoms. The fourth-order valence-electron chi connectivity index (χ4n) is 2.56. The fraction of sp³-hybridized carbons (Fsp3) is 0.500. The molecule has 0 bridgehead atoms.